The fraction of sp³-hybridized carbons (Fsp3) is 0.250. The van der Waals surface area contributed by atoms with Crippen molar-refractivity contribution in [3.8, 4) is 23.0 Å². The first-order valence-corrected chi connectivity index (χ1v) is 23.8. The lowest BCUT2D eigenvalue weighted by molar-refractivity contribution is 0.356. The average molecular weight is 989 g/mol. The number of aromatic amines is 2. The molecule has 0 amide bonds. The minimum absolute atomic E-state index is 0. The summed E-state index contributed by atoms with van der Waals surface area (Å²) in [6, 6.07) is 36.0. The third-order valence-electron chi connectivity index (χ3n) is 11.8. The number of nitrogens with one attached hydrogen (secondary N) is 4. The summed E-state index contributed by atoms with van der Waals surface area (Å²) in [5, 5.41) is 11.3. The molecule has 15 nitrogen and oxygen atoms in total. The van der Waals surface area contributed by atoms with Gasteiger partial charge in [0.2, 0.25) is 5.28 Å². The summed E-state index contributed by atoms with van der Waals surface area (Å²) in [4.78, 5) is 33.5. The molecular weight excluding hydrogens is 926 g/mol. The van der Waals surface area contributed by atoms with Gasteiger partial charge in [0.1, 0.15) is 17.5 Å². The van der Waals surface area contributed by atoms with E-state index in [1.807, 2.05) is 79.1 Å². The zero-order valence-electron chi connectivity index (χ0n) is 40.3. The summed E-state index contributed by atoms with van der Waals surface area (Å²) in [6.07, 6.45) is 12.9. The molecule has 0 spiro atoms. The Labute approximate surface area is 425 Å². The largest absolute Gasteiger partial charge is 0.493 e. The molecule has 4 aromatic carbocycles. The lowest BCUT2D eigenvalue weighted by Gasteiger charge is -2.14. The van der Waals surface area contributed by atoms with Gasteiger partial charge < -0.3 is 45.3 Å². The van der Waals surface area contributed by atoms with Crippen LogP contribution < -0.4 is 35.3 Å². The molecule has 0 aliphatic heterocycles. The normalized spacial score (nSPS) is 10.8. The minimum atomic E-state index is 0. The van der Waals surface area contributed by atoms with E-state index < -0.39 is 0 Å². The number of aryl methyl sites for hydroxylation is 2. The van der Waals surface area contributed by atoms with Crippen LogP contribution in [0.4, 0.5) is 11.6 Å². The summed E-state index contributed by atoms with van der Waals surface area (Å²) in [6.45, 7) is 2.13. The molecule has 0 atom stereocenters. The van der Waals surface area contributed by atoms with E-state index in [1.54, 1.807) is 40.7 Å². The first kappa shape index (κ1) is 51.8. The maximum atomic E-state index is 6.11. The summed E-state index contributed by atoms with van der Waals surface area (Å²) < 4.78 is 21.8. The Kier molecular flexibility index (Phi) is 18.5. The Balaban J connectivity index is 0.000000182. The summed E-state index contributed by atoms with van der Waals surface area (Å²) in [5.74, 6) is 4.82. The van der Waals surface area contributed by atoms with E-state index in [4.69, 9.17) is 46.3 Å². The number of nitrogens with two attached hydrogens (primary N) is 1. The molecule has 0 saturated carbocycles. The molecule has 372 valence electrons. The quantitative estimate of drug-likeness (QED) is 0.0510. The van der Waals surface area contributed by atoms with Gasteiger partial charge in [-0.3, -0.25) is 9.97 Å². The zero-order chi connectivity index (χ0) is 49.4. The van der Waals surface area contributed by atoms with Crippen molar-refractivity contribution in [1.82, 2.24) is 39.9 Å². The second-order valence-corrected chi connectivity index (χ2v) is 16.7. The maximum absolute atomic E-state index is 6.11. The molecule has 0 radical (unpaired) electrons. The highest BCUT2D eigenvalue weighted by atomic mass is 35.5. The number of benzene rings is 4. The lowest BCUT2D eigenvalue weighted by atomic mass is 10.1. The lowest BCUT2D eigenvalue weighted by Crippen LogP contribution is -2.09. The number of pyridine rings is 2. The summed E-state index contributed by atoms with van der Waals surface area (Å²) in [7, 11) is 6.47. The standard InChI is InChI=1S/C28H29N5O2.C20H19ClN4O2.C7H10N2.CH4/c1-34-25-16-22-24(17-26(25)35-2)32-27(12-7-9-20-8-5-6-14-29-20)33-28(22)30-15-13-19-18-31-23-11-4-3-10-21(19)23;1-26-17-9-14-16(10-18(17)27-2)24-20(21)25-19(14)22-8-7-12-11-23-15-6-4-3-5-13(12)15;8-5-4-7-3-1-2-6-9-7;/h3-6,8,10-11,14,16-18,31H,7,9,12-13,15H2,1-2H3,(H,30,32,33);3-6,9-11,23H,7-8H2,1-2H3,(H,22,24,25);1-3,6H,4-5,8H2;1H4. The van der Waals surface area contributed by atoms with Gasteiger partial charge in [-0.05, 0) is 103 Å². The van der Waals surface area contributed by atoms with E-state index in [9.17, 15) is 0 Å². The number of halogens is 1. The molecular formula is C56H62ClN11O4. The number of nitrogens with zero attached hydrogens (tertiary/aromatic N) is 6. The van der Waals surface area contributed by atoms with Crippen molar-refractivity contribution in [2.24, 2.45) is 5.73 Å². The molecule has 0 unspecified atom stereocenters. The van der Waals surface area contributed by atoms with E-state index in [-0.39, 0.29) is 12.7 Å². The van der Waals surface area contributed by atoms with Crippen LogP contribution in [-0.2, 0) is 32.1 Å². The molecule has 0 saturated heterocycles. The van der Waals surface area contributed by atoms with E-state index in [2.05, 4.69) is 83.1 Å². The van der Waals surface area contributed by atoms with E-state index >= 15 is 0 Å². The van der Waals surface area contributed by atoms with Crippen LogP contribution in [0.25, 0.3) is 43.6 Å². The van der Waals surface area contributed by atoms with E-state index in [0.717, 1.165) is 95.4 Å². The Morgan fingerprint density at radius 3 is 1.49 bits per heavy atom. The van der Waals surface area contributed by atoms with Crippen molar-refractivity contribution >= 4 is 66.8 Å². The second-order valence-electron chi connectivity index (χ2n) is 16.4. The highest BCUT2D eigenvalue weighted by molar-refractivity contribution is 6.28. The fourth-order valence-corrected chi connectivity index (χ4v) is 8.46. The second kappa shape index (κ2) is 25.7. The maximum Gasteiger partial charge on any atom is 0.224 e. The molecule has 6 heterocycles. The Hall–Kier alpha value is -8.01. The molecule has 0 fully saturated rings. The van der Waals surface area contributed by atoms with Crippen molar-refractivity contribution in [1.29, 1.82) is 0 Å². The van der Waals surface area contributed by atoms with Crippen LogP contribution >= 0.6 is 11.6 Å². The van der Waals surface area contributed by atoms with Crippen LogP contribution in [0.3, 0.4) is 0 Å². The number of ether oxygens (including phenoxy) is 4. The topological polar surface area (TPSA) is 196 Å². The number of aromatic nitrogens is 8. The summed E-state index contributed by atoms with van der Waals surface area (Å²) in [5.41, 5.74) is 13.8. The van der Waals surface area contributed by atoms with Crippen molar-refractivity contribution < 1.29 is 18.9 Å². The van der Waals surface area contributed by atoms with Gasteiger partial charge in [-0.15, -0.1) is 0 Å². The van der Waals surface area contributed by atoms with Crippen molar-refractivity contribution in [3.63, 3.8) is 0 Å². The molecule has 0 bridgehead atoms. The third-order valence-corrected chi connectivity index (χ3v) is 12.0. The molecule has 0 aliphatic carbocycles. The van der Waals surface area contributed by atoms with Gasteiger partial charge in [0.15, 0.2) is 23.0 Å². The van der Waals surface area contributed by atoms with Gasteiger partial charge in [-0.1, -0.05) is 56.0 Å². The SMILES string of the molecule is C.COc1cc2nc(CCCc3ccccn3)nc(NCCc3c[nH]c4ccccc34)c2cc1OC.COc1cc2nc(Cl)nc(NCCc3c[nH]c4ccccc34)c2cc1OC.NCCc1ccccn1. The molecule has 72 heavy (non-hydrogen) atoms. The average Bonchev–Trinajstić information content (AvgIpc) is 4.03. The zero-order valence-corrected chi connectivity index (χ0v) is 41.1. The molecule has 6 N–H and O–H groups in total. The van der Waals surface area contributed by atoms with Gasteiger partial charge >= 0.3 is 0 Å². The first-order valence-electron chi connectivity index (χ1n) is 23.5. The van der Waals surface area contributed by atoms with Crippen LogP contribution in [0, 0.1) is 0 Å². The third kappa shape index (κ3) is 13.0. The van der Waals surface area contributed by atoms with Gasteiger partial charge in [-0.25, -0.2) is 19.9 Å². The fourth-order valence-electron chi connectivity index (χ4n) is 8.29. The molecule has 6 aromatic heterocycles. The Morgan fingerprint density at radius 2 is 0.986 bits per heavy atom. The number of hydrogen-bond acceptors (Lipinski definition) is 13. The Bertz CT molecular complexity index is 3300. The summed E-state index contributed by atoms with van der Waals surface area (Å²) >= 11 is 6.11. The predicted molar refractivity (Wildman–Crippen MR) is 291 cm³/mol. The smallest absolute Gasteiger partial charge is 0.224 e. The number of fused-ring (bicyclic) bond motifs is 4. The number of para-hydroxylation sites is 2. The van der Waals surface area contributed by atoms with E-state index in [0.29, 0.717) is 47.4 Å². The highest BCUT2D eigenvalue weighted by Crippen LogP contribution is 2.36. The van der Waals surface area contributed by atoms with E-state index in [1.165, 1.54) is 21.9 Å². The number of hydrogen-bond donors (Lipinski definition) is 5. The van der Waals surface area contributed by atoms with Gasteiger partial charge in [0, 0.05) is 107 Å². The predicted octanol–water partition coefficient (Wildman–Crippen LogP) is 11.0. The van der Waals surface area contributed by atoms with Crippen LogP contribution in [0.1, 0.15) is 42.2 Å². The molecule has 16 heteroatoms. The van der Waals surface area contributed by atoms with Gasteiger partial charge in [0.05, 0.1) is 39.5 Å². The van der Waals surface area contributed by atoms with Crippen molar-refractivity contribution in [2.75, 3.05) is 58.7 Å². The molecule has 10 rings (SSSR count). The van der Waals surface area contributed by atoms with Crippen LogP contribution in [0.2, 0.25) is 5.28 Å². The van der Waals surface area contributed by atoms with Crippen LogP contribution in [-0.4, -0.2) is 87.9 Å². The van der Waals surface area contributed by atoms with Gasteiger partial charge in [0.25, 0.3) is 0 Å². The van der Waals surface area contributed by atoms with Crippen molar-refractivity contribution in [3.05, 3.63) is 168 Å². The molecule has 0 aliphatic rings. The molecule has 10 aromatic rings. The van der Waals surface area contributed by atoms with Crippen LogP contribution in [0.15, 0.2) is 134 Å². The number of methoxy groups -OCH3 is 4. The number of rotatable bonds is 18. The van der Waals surface area contributed by atoms with Gasteiger partial charge in [-0.2, -0.15) is 0 Å². The number of H-pyrrole nitrogens is 2. The van der Waals surface area contributed by atoms with Crippen molar-refractivity contribution in [2.45, 2.75) is 46.0 Å². The minimum Gasteiger partial charge on any atom is -0.493 e. The monoisotopic (exact) mass is 987 g/mol. The first-order chi connectivity index (χ1) is 34.9. The Morgan fingerprint density at radius 1 is 0.514 bits per heavy atom. The number of anilines is 2. The highest BCUT2D eigenvalue weighted by Gasteiger charge is 2.16. The van der Waals surface area contributed by atoms with Crippen LogP contribution in [0.5, 0.6) is 23.0 Å².